The van der Waals surface area contributed by atoms with Crippen LogP contribution in [0.15, 0.2) is 47.6 Å². The summed E-state index contributed by atoms with van der Waals surface area (Å²) >= 11 is 0. The maximum atomic E-state index is 13.2. The molecule has 0 aromatic heterocycles. The number of epoxide rings is 1. The summed E-state index contributed by atoms with van der Waals surface area (Å²) in [6.45, 7) is 9.45. The number of fused-ring (bicyclic) bond motifs is 2. The van der Waals surface area contributed by atoms with Gasteiger partial charge in [0.15, 0.2) is 6.29 Å². The Morgan fingerprint density at radius 1 is 1.05 bits per heavy atom. The number of hydrogen-bond donors (Lipinski definition) is 0. The molecule has 6 aliphatic rings. The summed E-state index contributed by atoms with van der Waals surface area (Å²) in [6, 6.07) is 0. The molecule has 6 rings (SSSR count). The molecule has 0 aromatic rings. The molecule has 1 saturated carbocycles. The predicted molar refractivity (Wildman–Crippen MR) is 143 cm³/mol. The molecule has 222 valence electrons. The van der Waals surface area contributed by atoms with Gasteiger partial charge in [0, 0.05) is 38.3 Å². The van der Waals surface area contributed by atoms with E-state index in [-0.39, 0.29) is 24.9 Å². The smallest absolute Gasteiger partial charge is 0.331 e. The Labute approximate surface area is 239 Å². The van der Waals surface area contributed by atoms with Crippen LogP contribution in [0.5, 0.6) is 0 Å². The lowest BCUT2D eigenvalue weighted by molar-refractivity contribution is -0.239. The number of esters is 3. The number of hydrogen-bond acceptors (Lipinski definition) is 10. The van der Waals surface area contributed by atoms with E-state index >= 15 is 0 Å². The average molecular weight is 571 g/mol. The van der Waals surface area contributed by atoms with Crippen LogP contribution in [0.3, 0.4) is 0 Å². The summed E-state index contributed by atoms with van der Waals surface area (Å²) in [4.78, 5) is 38.4. The summed E-state index contributed by atoms with van der Waals surface area (Å²) in [6.07, 6.45) is 8.26. The first-order chi connectivity index (χ1) is 19.5. The molecule has 41 heavy (non-hydrogen) atoms. The highest BCUT2D eigenvalue weighted by atomic mass is 16.7. The molecule has 4 fully saturated rings. The molecule has 0 amide bonds. The standard InChI is InChI=1S/C31H38O10/c1-17-10-27(34)35-15-30-14-22(38-20(4)32)18(2)12-24(30)40-25-13-23(29(30,5)31(25)16-36-31)41-26(33)9-7-6-8-21-19(3)37-28(11-17)39-21/h6-10,12,19,21-25,28H,11,13-16H2,1-5H3/b8-6-,9-7-,17-10-/t19-,21-,22-,23+,24+,25+,28+,29+,30+,31?/m0/s1. The van der Waals surface area contributed by atoms with Gasteiger partial charge in [0.1, 0.15) is 30.5 Å². The Morgan fingerprint density at radius 2 is 1.83 bits per heavy atom. The summed E-state index contributed by atoms with van der Waals surface area (Å²) in [5.41, 5.74) is -0.803. The first kappa shape index (κ1) is 28.3. The molecule has 4 aliphatic heterocycles. The third-order valence-electron chi connectivity index (χ3n) is 9.96. The van der Waals surface area contributed by atoms with Crippen LogP contribution in [-0.4, -0.2) is 79.6 Å². The van der Waals surface area contributed by atoms with Gasteiger partial charge in [-0.2, -0.15) is 0 Å². The number of allylic oxidation sites excluding steroid dienone is 2. The van der Waals surface area contributed by atoms with Crippen LogP contribution in [0.1, 0.15) is 53.9 Å². The molecule has 3 saturated heterocycles. The Hall–Kier alpha value is -2.79. The maximum absolute atomic E-state index is 13.2. The number of ether oxygens (including phenoxy) is 7. The molecular weight excluding hydrogens is 532 g/mol. The van der Waals surface area contributed by atoms with Crippen LogP contribution in [0, 0.1) is 10.8 Å². The van der Waals surface area contributed by atoms with E-state index in [1.165, 1.54) is 19.1 Å². The summed E-state index contributed by atoms with van der Waals surface area (Å²) in [5, 5.41) is 0. The van der Waals surface area contributed by atoms with Crippen molar-refractivity contribution in [3.63, 3.8) is 0 Å². The molecule has 10 heteroatoms. The van der Waals surface area contributed by atoms with Crippen LogP contribution in [0.4, 0.5) is 0 Å². The number of rotatable bonds is 1. The number of carbonyl (C=O) groups excluding carboxylic acids is 3. The van der Waals surface area contributed by atoms with Gasteiger partial charge in [0.05, 0.1) is 35.7 Å². The predicted octanol–water partition coefficient (Wildman–Crippen LogP) is 3.25. The van der Waals surface area contributed by atoms with Crippen molar-refractivity contribution in [1.29, 1.82) is 0 Å². The van der Waals surface area contributed by atoms with Crippen molar-refractivity contribution in [3.8, 4) is 0 Å². The zero-order chi connectivity index (χ0) is 29.2. The monoisotopic (exact) mass is 570 g/mol. The lowest BCUT2D eigenvalue weighted by Gasteiger charge is -2.59. The van der Waals surface area contributed by atoms with Gasteiger partial charge in [-0.1, -0.05) is 36.8 Å². The lowest BCUT2D eigenvalue weighted by atomic mass is 9.51. The number of carbonyl (C=O) groups is 3. The highest BCUT2D eigenvalue weighted by Gasteiger charge is 2.83. The van der Waals surface area contributed by atoms with Gasteiger partial charge in [-0.3, -0.25) is 4.79 Å². The molecule has 10 nitrogen and oxygen atoms in total. The Morgan fingerprint density at radius 3 is 2.56 bits per heavy atom. The Balaban J connectivity index is 1.40. The zero-order valence-corrected chi connectivity index (χ0v) is 24.1. The third kappa shape index (κ3) is 4.59. The van der Waals surface area contributed by atoms with E-state index in [9.17, 15) is 14.4 Å². The topological polar surface area (TPSA) is 119 Å². The second kappa shape index (κ2) is 10.2. The van der Waals surface area contributed by atoms with Crippen LogP contribution in [0.25, 0.3) is 0 Å². The van der Waals surface area contributed by atoms with Crippen molar-refractivity contribution in [2.45, 2.75) is 102 Å². The molecule has 2 spiro atoms. The Kier molecular flexibility index (Phi) is 7.04. The van der Waals surface area contributed by atoms with Crippen molar-refractivity contribution >= 4 is 17.9 Å². The van der Waals surface area contributed by atoms with Gasteiger partial charge in [0.25, 0.3) is 0 Å². The minimum atomic E-state index is -0.909. The molecule has 0 aromatic carbocycles. The van der Waals surface area contributed by atoms with E-state index in [0.29, 0.717) is 25.9 Å². The lowest BCUT2D eigenvalue weighted by Crippen LogP contribution is -2.68. The van der Waals surface area contributed by atoms with E-state index in [0.717, 1.165) is 11.1 Å². The first-order valence-corrected chi connectivity index (χ1v) is 14.3. The Bertz CT molecular complexity index is 1240. The van der Waals surface area contributed by atoms with Gasteiger partial charge in [-0.05, 0) is 26.3 Å². The van der Waals surface area contributed by atoms with Crippen LogP contribution >= 0.6 is 0 Å². The van der Waals surface area contributed by atoms with E-state index in [4.69, 9.17) is 33.2 Å². The molecule has 0 radical (unpaired) electrons. The van der Waals surface area contributed by atoms with Crippen LogP contribution < -0.4 is 0 Å². The summed E-state index contributed by atoms with van der Waals surface area (Å²) in [7, 11) is 0. The van der Waals surface area contributed by atoms with Gasteiger partial charge >= 0.3 is 17.9 Å². The minimum Gasteiger partial charge on any atom is -0.462 e. The second-order valence-electron chi connectivity index (χ2n) is 12.4. The normalized spacial score (nSPS) is 48.4. The van der Waals surface area contributed by atoms with Gasteiger partial charge < -0.3 is 33.2 Å². The molecular formula is C31H38O10. The fraction of sp³-hybridized carbons (Fsp3) is 0.645. The molecule has 4 bridgehead atoms. The summed E-state index contributed by atoms with van der Waals surface area (Å²) in [5.74, 6) is -1.42. The molecule has 4 heterocycles. The van der Waals surface area contributed by atoms with E-state index in [1.54, 1.807) is 12.2 Å². The average Bonchev–Trinajstić information content (AvgIpc) is 3.59. The summed E-state index contributed by atoms with van der Waals surface area (Å²) < 4.78 is 42.6. The van der Waals surface area contributed by atoms with Crippen molar-refractivity contribution < 1.29 is 47.5 Å². The SMILES string of the molecule is CC(=O)O[C@H]1C[C@@]23COC(=O)/C=C(/C)C[C@@H]4O[C@@H](C)[C@H](/C=C\C=C/C(=O)O[C@@H]5C[C@@H](O[C@@H]2C=C1C)C1(CO1)[C@]53C)O4. The highest BCUT2D eigenvalue weighted by Crippen LogP contribution is 2.72. The number of cyclic esters (lactones) is 1. The maximum Gasteiger partial charge on any atom is 0.331 e. The third-order valence-corrected chi connectivity index (χ3v) is 9.96. The van der Waals surface area contributed by atoms with Crippen molar-refractivity contribution in [3.05, 3.63) is 47.6 Å². The fourth-order valence-corrected chi connectivity index (χ4v) is 7.64. The van der Waals surface area contributed by atoms with E-state index < -0.39 is 58.9 Å². The van der Waals surface area contributed by atoms with Crippen molar-refractivity contribution in [2.24, 2.45) is 10.8 Å². The van der Waals surface area contributed by atoms with E-state index in [2.05, 4.69) is 0 Å². The van der Waals surface area contributed by atoms with Crippen LogP contribution in [0.2, 0.25) is 0 Å². The van der Waals surface area contributed by atoms with Crippen molar-refractivity contribution in [2.75, 3.05) is 13.2 Å². The minimum absolute atomic E-state index is 0.0433. The van der Waals surface area contributed by atoms with E-state index in [1.807, 2.05) is 39.8 Å². The largest absolute Gasteiger partial charge is 0.462 e. The molecule has 1 unspecified atom stereocenters. The highest BCUT2D eigenvalue weighted by molar-refractivity contribution is 5.83. The van der Waals surface area contributed by atoms with Crippen LogP contribution in [-0.2, 0) is 47.5 Å². The first-order valence-electron chi connectivity index (χ1n) is 14.3. The zero-order valence-electron chi connectivity index (χ0n) is 24.1. The quantitative estimate of drug-likeness (QED) is 0.201. The van der Waals surface area contributed by atoms with Gasteiger partial charge in [-0.15, -0.1) is 0 Å². The van der Waals surface area contributed by atoms with Crippen molar-refractivity contribution in [1.82, 2.24) is 0 Å². The fourth-order valence-electron chi connectivity index (χ4n) is 7.64. The second-order valence-corrected chi connectivity index (χ2v) is 12.4. The van der Waals surface area contributed by atoms with Gasteiger partial charge in [-0.25, -0.2) is 9.59 Å². The molecule has 10 atom stereocenters. The molecule has 0 N–H and O–H groups in total. The van der Waals surface area contributed by atoms with Gasteiger partial charge in [0.2, 0.25) is 0 Å². The molecule has 2 aliphatic carbocycles.